The Kier molecular flexibility index (Phi) is 4.20. The summed E-state index contributed by atoms with van der Waals surface area (Å²) in [4.78, 5) is 10.9. The average molecular weight is 249 g/mol. The van der Waals surface area contributed by atoms with Crippen LogP contribution >= 0.6 is 0 Å². The van der Waals surface area contributed by atoms with Gasteiger partial charge in [-0.3, -0.25) is 0 Å². The number of hydrogen-bond donors (Lipinski definition) is 2. The third kappa shape index (κ3) is 3.01. The molecule has 0 saturated carbocycles. The predicted octanol–water partition coefficient (Wildman–Crippen LogP) is 2.61. The maximum Gasteiger partial charge on any atom is 0.335 e. The quantitative estimate of drug-likeness (QED) is 0.842. The zero-order valence-electron chi connectivity index (χ0n) is 10.6. The number of benzene rings is 1. The zero-order chi connectivity index (χ0) is 13.0. The third-order valence-electron chi connectivity index (χ3n) is 3.43. The molecule has 0 spiro atoms. The Morgan fingerprint density at radius 3 is 3.11 bits per heavy atom. The molecule has 0 amide bonds. The smallest absolute Gasteiger partial charge is 0.335 e. The molecule has 18 heavy (non-hydrogen) atoms. The molecule has 98 valence electrons. The fourth-order valence-electron chi connectivity index (χ4n) is 2.39. The maximum absolute atomic E-state index is 10.9. The van der Waals surface area contributed by atoms with Crippen LogP contribution in [0.25, 0.3) is 0 Å². The molecule has 2 rings (SSSR count). The predicted molar refractivity (Wildman–Crippen MR) is 70.0 cm³/mol. The van der Waals surface area contributed by atoms with Crippen molar-refractivity contribution in [2.45, 2.75) is 25.9 Å². The molecule has 1 aromatic carbocycles. The van der Waals surface area contributed by atoms with Crippen LogP contribution in [0.15, 0.2) is 24.3 Å². The third-order valence-corrected chi connectivity index (χ3v) is 3.43. The first kappa shape index (κ1) is 12.9. The molecule has 2 atom stereocenters. The van der Waals surface area contributed by atoms with Gasteiger partial charge >= 0.3 is 5.97 Å². The average Bonchev–Trinajstić information content (AvgIpc) is 2.84. The van der Waals surface area contributed by atoms with E-state index in [-0.39, 0.29) is 0 Å². The van der Waals surface area contributed by atoms with Gasteiger partial charge in [0.05, 0.1) is 11.7 Å². The lowest BCUT2D eigenvalue weighted by molar-refractivity contribution is 0.0697. The van der Waals surface area contributed by atoms with Crippen molar-refractivity contribution in [3.8, 4) is 0 Å². The summed E-state index contributed by atoms with van der Waals surface area (Å²) in [6.07, 6.45) is 2.44. The molecule has 0 radical (unpaired) electrons. The standard InChI is InChI=1S/C14H19NO3/c1-2-13-11(6-7-18-13)9-15-12-5-3-4-10(8-12)14(16)17/h3-5,8,11,13,15H,2,6-7,9H2,1H3,(H,16,17). The Morgan fingerprint density at radius 1 is 1.56 bits per heavy atom. The number of anilines is 1. The van der Waals surface area contributed by atoms with Gasteiger partial charge in [-0.2, -0.15) is 0 Å². The van der Waals surface area contributed by atoms with Crippen molar-refractivity contribution in [2.75, 3.05) is 18.5 Å². The van der Waals surface area contributed by atoms with E-state index < -0.39 is 5.97 Å². The van der Waals surface area contributed by atoms with Crippen molar-refractivity contribution in [1.29, 1.82) is 0 Å². The number of carboxylic acids is 1. The molecular weight excluding hydrogens is 230 g/mol. The summed E-state index contributed by atoms with van der Waals surface area (Å²) in [5.74, 6) is -0.377. The van der Waals surface area contributed by atoms with E-state index in [1.54, 1.807) is 18.2 Å². The van der Waals surface area contributed by atoms with Crippen molar-refractivity contribution >= 4 is 11.7 Å². The van der Waals surface area contributed by atoms with E-state index in [9.17, 15) is 4.79 Å². The Balaban J connectivity index is 1.93. The number of carbonyl (C=O) groups is 1. The Bertz CT molecular complexity index is 419. The van der Waals surface area contributed by atoms with E-state index in [2.05, 4.69) is 12.2 Å². The Labute approximate surface area is 107 Å². The van der Waals surface area contributed by atoms with Crippen LogP contribution in [-0.4, -0.2) is 30.3 Å². The van der Waals surface area contributed by atoms with E-state index in [0.29, 0.717) is 17.6 Å². The highest BCUT2D eigenvalue weighted by atomic mass is 16.5. The summed E-state index contributed by atoms with van der Waals surface area (Å²) in [5, 5.41) is 12.2. The molecule has 0 bridgehead atoms. The molecule has 4 nitrogen and oxygen atoms in total. The molecule has 4 heteroatoms. The van der Waals surface area contributed by atoms with Gasteiger partial charge in [0.25, 0.3) is 0 Å². The highest BCUT2D eigenvalue weighted by molar-refractivity contribution is 5.88. The van der Waals surface area contributed by atoms with E-state index >= 15 is 0 Å². The van der Waals surface area contributed by atoms with E-state index in [1.165, 1.54) is 0 Å². The summed E-state index contributed by atoms with van der Waals surface area (Å²) in [5.41, 5.74) is 1.17. The van der Waals surface area contributed by atoms with Gasteiger partial charge in [0.15, 0.2) is 0 Å². The molecule has 1 aliphatic rings. The molecule has 0 aliphatic carbocycles. The maximum atomic E-state index is 10.9. The molecule has 0 aromatic heterocycles. The minimum absolute atomic E-state index is 0.315. The van der Waals surface area contributed by atoms with Crippen molar-refractivity contribution in [3.63, 3.8) is 0 Å². The first-order valence-electron chi connectivity index (χ1n) is 6.39. The van der Waals surface area contributed by atoms with Crippen LogP contribution in [-0.2, 0) is 4.74 Å². The van der Waals surface area contributed by atoms with Crippen molar-refractivity contribution < 1.29 is 14.6 Å². The minimum atomic E-state index is -0.894. The fourth-order valence-corrected chi connectivity index (χ4v) is 2.39. The molecule has 1 aromatic rings. The fraction of sp³-hybridized carbons (Fsp3) is 0.500. The lowest BCUT2D eigenvalue weighted by Crippen LogP contribution is -2.22. The summed E-state index contributed by atoms with van der Waals surface area (Å²) in [6.45, 7) is 3.80. The lowest BCUT2D eigenvalue weighted by atomic mass is 9.99. The van der Waals surface area contributed by atoms with E-state index in [0.717, 1.165) is 31.7 Å². The molecular formula is C14H19NO3. The molecule has 2 unspecified atom stereocenters. The summed E-state index contributed by atoms with van der Waals surface area (Å²) in [7, 11) is 0. The number of hydrogen-bond acceptors (Lipinski definition) is 3. The summed E-state index contributed by atoms with van der Waals surface area (Å²) in [6, 6.07) is 6.91. The molecule has 1 aliphatic heterocycles. The van der Waals surface area contributed by atoms with Gasteiger partial charge in [-0.25, -0.2) is 4.79 Å². The Morgan fingerprint density at radius 2 is 2.39 bits per heavy atom. The second-order valence-electron chi connectivity index (χ2n) is 4.63. The number of ether oxygens (including phenoxy) is 1. The van der Waals surface area contributed by atoms with E-state index in [4.69, 9.17) is 9.84 Å². The molecule has 1 heterocycles. The normalized spacial score (nSPS) is 22.9. The number of aromatic carboxylic acids is 1. The van der Waals surface area contributed by atoms with Gasteiger partial charge in [-0.15, -0.1) is 0 Å². The molecule has 1 fully saturated rings. The first-order valence-corrected chi connectivity index (χ1v) is 6.39. The van der Waals surface area contributed by atoms with Crippen LogP contribution in [0.5, 0.6) is 0 Å². The van der Waals surface area contributed by atoms with Crippen molar-refractivity contribution in [3.05, 3.63) is 29.8 Å². The van der Waals surface area contributed by atoms with Gasteiger partial charge in [0.1, 0.15) is 0 Å². The second kappa shape index (κ2) is 5.87. The Hall–Kier alpha value is -1.55. The van der Waals surface area contributed by atoms with Crippen LogP contribution in [0.4, 0.5) is 5.69 Å². The van der Waals surface area contributed by atoms with Crippen LogP contribution < -0.4 is 5.32 Å². The highest BCUT2D eigenvalue weighted by Gasteiger charge is 2.26. The first-order chi connectivity index (χ1) is 8.70. The summed E-state index contributed by atoms with van der Waals surface area (Å²) >= 11 is 0. The van der Waals surface area contributed by atoms with Crippen molar-refractivity contribution in [1.82, 2.24) is 0 Å². The number of carboxylic acid groups (broad SMARTS) is 1. The van der Waals surface area contributed by atoms with Gasteiger partial charge in [-0.05, 0) is 31.0 Å². The van der Waals surface area contributed by atoms with Crippen LogP contribution in [0.2, 0.25) is 0 Å². The SMILES string of the molecule is CCC1OCCC1CNc1cccc(C(=O)O)c1. The van der Waals surface area contributed by atoms with Crippen molar-refractivity contribution in [2.24, 2.45) is 5.92 Å². The van der Waals surface area contributed by atoms with Crippen LogP contribution in [0.3, 0.4) is 0 Å². The molecule has 2 N–H and O–H groups in total. The minimum Gasteiger partial charge on any atom is -0.478 e. The van der Waals surface area contributed by atoms with Gasteiger partial charge in [0.2, 0.25) is 0 Å². The topological polar surface area (TPSA) is 58.6 Å². The van der Waals surface area contributed by atoms with Crippen LogP contribution in [0.1, 0.15) is 30.1 Å². The van der Waals surface area contributed by atoms with Gasteiger partial charge < -0.3 is 15.2 Å². The zero-order valence-corrected chi connectivity index (χ0v) is 10.6. The highest BCUT2D eigenvalue weighted by Crippen LogP contribution is 2.24. The monoisotopic (exact) mass is 249 g/mol. The lowest BCUT2D eigenvalue weighted by Gasteiger charge is -2.18. The summed E-state index contributed by atoms with van der Waals surface area (Å²) < 4.78 is 5.63. The van der Waals surface area contributed by atoms with E-state index in [1.807, 2.05) is 6.07 Å². The van der Waals surface area contributed by atoms with Gasteiger partial charge in [0, 0.05) is 24.8 Å². The largest absolute Gasteiger partial charge is 0.478 e. The van der Waals surface area contributed by atoms with Gasteiger partial charge in [-0.1, -0.05) is 13.0 Å². The molecule has 1 saturated heterocycles. The number of rotatable bonds is 5. The number of nitrogens with one attached hydrogen (secondary N) is 1. The second-order valence-corrected chi connectivity index (χ2v) is 4.63. The van der Waals surface area contributed by atoms with Crippen LogP contribution in [0, 0.1) is 5.92 Å².